The smallest absolute Gasteiger partial charge is 0.214 e. The number of para-hydroxylation sites is 1. The molecule has 2 N–H and O–H groups in total. The van der Waals surface area contributed by atoms with Crippen molar-refractivity contribution in [3.8, 4) is 0 Å². The highest BCUT2D eigenvalue weighted by Crippen LogP contribution is 2.23. The molecule has 0 aliphatic carbocycles. The monoisotopic (exact) mass is 299 g/mol. The molecule has 0 radical (unpaired) electrons. The van der Waals surface area contributed by atoms with Crippen molar-refractivity contribution in [3.05, 3.63) is 35.8 Å². The van der Waals surface area contributed by atoms with Crippen LogP contribution < -0.4 is 5.73 Å². The van der Waals surface area contributed by atoms with E-state index in [1.54, 1.807) is 6.07 Å². The number of halogens is 1. The molecule has 20 heavy (non-hydrogen) atoms. The number of carbonyl (C=O) groups excluding carboxylic acids is 1. The molecule has 0 saturated carbocycles. The lowest BCUT2D eigenvalue weighted by Crippen LogP contribution is -2.32. The van der Waals surface area contributed by atoms with Gasteiger partial charge in [0.2, 0.25) is 5.78 Å². The zero-order valence-electron chi connectivity index (χ0n) is 10.8. The molecule has 108 valence electrons. The fourth-order valence-electron chi connectivity index (χ4n) is 1.80. The maximum absolute atomic E-state index is 13.5. The van der Waals surface area contributed by atoms with Crippen LogP contribution in [0.3, 0.4) is 0 Å². The Labute approximate surface area is 115 Å². The van der Waals surface area contributed by atoms with Crippen LogP contribution in [0.4, 0.5) is 4.39 Å². The first-order chi connectivity index (χ1) is 9.28. The van der Waals surface area contributed by atoms with E-state index in [0.717, 1.165) is 6.26 Å². The van der Waals surface area contributed by atoms with Crippen LogP contribution in [0.1, 0.15) is 17.0 Å². The van der Waals surface area contributed by atoms with Crippen molar-refractivity contribution in [2.75, 3.05) is 12.0 Å². The lowest BCUT2D eigenvalue weighted by atomic mass is 10.1. The molecule has 2 rings (SSSR count). The van der Waals surface area contributed by atoms with E-state index >= 15 is 0 Å². The van der Waals surface area contributed by atoms with E-state index in [4.69, 9.17) is 10.2 Å². The topological polar surface area (TPSA) is 90.4 Å². The molecule has 1 atom stereocenters. The summed E-state index contributed by atoms with van der Waals surface area (Å²) in [6, 6.07) is 4.75. The van der Waals surface area contributed by atoms with E-state index in [1.807, 2.05) is 0 Å². The Morgan fingerprint density at radius 3 is 2.75 bits per heavy atom. The van der Waals surface area contributed by atoms with Gasteiger partial charge in [-0.25, -0.2) is 12.8 Å². The Balaban J connectivity index is 2.21. The van der Waals surface area contributed by atoms with Gasteiger partial charge in [-0.1, -0.05) is 12.1 Å². The highest BCUT2D eigenvalue weighted by Gasteiger charge is 2.22. The predicted molar refractivity (Wildman–Crippen MR) is 72.8 cm³/mol. The molecular weight excluding hydrogens is 285 g/mol. The molecule has 7 heteroatoms. The van der Waals surface area contributed by atoms with E-state index in [1.165, 1.54) is 18.2 Å². The maximum atomic E-state index is 13.5. The quantitative estimate of drug-likeness (QED) is 0.845. The maximum Gasteiger partial charge on any atom is 0.214 e. The van der Waals surface area contributed by atoms with Crippen LogP contribution in [-0.2, 0) is 9.84 Å². The second-order valence-electron chi connectivity index (χ2n) is 4.66. The van der Waals surface area contributed by atoms with Crippen molar-refractivity contribution in [1.82, 2.24) is 0 Å². The van der Waals surface area contributed by atoms with Gasteiger partial charge in [-0.2, -0.15) is 0 Å². The number of rotatable bonds is 5. The van der Waals surface area contributed by atoms with Crippen molar-refractivity contribution in [2.24, 2.45) is 5.73 Å². The van der Waals surface area contributed by atoms with E-state index in [9.17, 15) is 17.6 Å². The minimum absolute atomic E-state index is 0.00278. The summed E-state index contributed by atoms with van der Waals surface area (Å²) in [5.74, 6) is -1.35. The molecule has 1 aromatic carbocycles. The molecule has 0 aliphatic rings. The average molecular weight is 299 g/mol. The Morgan fingerprint density at radius 1 is 1.45 bits per heavy atom. The first-order valence-corrected chi connectivity index (χ1v) is 7.99. The zero-order valence-corrected chi connectivity index (χ0v) is 11.6. The molecule has 0 fully saturated rings. The minimum atomic E-state index is -3.19. The number of benzene rings is 1. The minimum Gasteiger partial charge on any atom is -0.450 e. The number of nitrogens with two attached hydrogens (primary N) is 1. The second kappa shape index (κ2) is 5.34. The third kappa shape index (κ3) is 3.23. The van der Waals surface area contributed by atoms with E-state index in [2.05, 4.69) is 0 Å². The Morgan fingerprint density at radius 2 is 2.15 bits per heavy atom. The third-order valence-electron chi connectivity index (χ3n) is 2.88. The number of hydrogen-bond donors (Lipinski definition) is 1. The molecule has 0 aliphatic heterocycles. The molecule has 2 aromatic rings. The van der Waals surface area contributed by atoms with Gasteiger partial charge >= 0.3 is 0 Å². The molecule has 1 aromatic heterocycles. The highest BCUT2D eigenvalue weighted by molar-refractivity contribution is 7.90. The van der Waals surface area contributed by atoms with E-state index < -0.39 is 27.5 Å². The number of sulfone groups is 1. The molecule has 0 saturated heterocycles. The van der Waals surface area contributed by atoms with Crippen LogP contribution in [0.5, 0.6) is 0 Å². The van der Waals surface area contributed by atoms with Crippen molar-refractivity contribution >= 4 is 26.6 Å². The van der Waals surface area contributed by atoms with Gasteiger partial charge in [-0.05, 0) is 18.6 Å². The number of ketones is 1. The Bertz CT molecular complexity index is 751. The number of hydrogen-bond acceptors (Lipinski definition) is 5. The van der Waals surface area contributed by atoms with Gasteiger partial charge in [0.25, 0.3) is 0 Å². The lowest BCUT2D eigenvalue weighted by Gasteiger charge is -2.07. The summed E-state index contributed by atoms with van der Waals surface area (Å²) in [5, 5.41) is 0.462. The molecule has 0 amide bonds. The molecule has 0 bridgehead atoms. The van der Waals surface area contributed by atoms with Crippen LogP contribution >= 0.6 is 0 Å². The van der Waals surface area contributed by atoms with Crippen LogP contribution in [0.2, 0.25) is 0 Å². The number of Topliss-reactive ketones (excluding diaryl/α,β-unsaturated/α-hetero) is 1. The summed E-state index contributed by atoms with van der Waals surface area (Å²) >= 11 is 0. The predicted octanol–water partition coefficient (Wildman–Crippen LogP) is 1.52. The van der Waals surface area contributed by atoms with Gasteiger partial charge in [0.1, 0.15) is 9.84 Å². The van der Waals surface area contributed by atoms with Crippen molar-refractivity contribution in [1.29, 1.82) is 0 Å². The standard InChI is InChI=1S/C13H14FNO4S/c1-20(17,18)6-5-10(15)12(16)11-7-8-3-2-4-9(14)13(8)19-11/h2-4,7,10H,5-6,15H2,1H3. The summed E-state index contributed by atoms with van der Waals surface area (Å²) in [6.45, 7) is 0. The summed E-state index contributed by atoms with van der Waals surface area (Å²) in [6.07, 6.45) is 1.07. The van der Waals surface area contributed by atoms with Crippen LogP contribution in [0.15, 0.2) is 28.7 Å². The molecular formula is C13H14FNO4S. The number of fused-ring (bicyclic) bond motifs is 1. The summed E-state index contributed by atoms with van der Waals surface area (Å²) in [4.78, 5) is 12.0. The van der Waals surface area contributed by atoms with Crippen molar-refractivity contribution in [2.45, 2.75) is 12.5 Å². The van der Waals surface area contributed by atoms with Gasteiger partial charge in [-0.15, -0.1) is 0 Å². The normalized spacial score (nSPS) is 13.6. The van der Waals surface area contributed by atoms with Gasteiger partial charge in [-0.3, -0.25) is 4.79 Å². The number of carbonyl (C=O) groups is 1. The van der Waals surface area contributed by atoms with Crippen LogP contribution in [0.25, 0.3) is 11.0 Å². The molecule has 1 heterocycles. The zero-order chi connectivity index (χ0) is 14.9. The third-order valence-corrected chi connectivity index (χ3v) is 3.85. The molecule has 0 spiro atoms. The Hall–Kier alpha value is -1.73. The molecule has 5 nitrogen and oxygen atoms in total. The lowest BCUT2D eigenvalue weighted by molar-refractivity contribution is 0.0934. The summed E-state index contributed by atoms with van der Waals surface area (Å²) in [5.41, 5.74) is 5.64. The largest absolute Gasteiger partial charge is 0.450 e. The van der Waals surface area contributed by atoms with Gasteiger partial charge in [0.15, 0.2) is 17.2 Å². The first kappa shape index (κ1) is 14.7. The van der Waals surface area contributed by atoms with Crippen molar-refractivity contribution < 1.29 is 22.0 Å². The fraction of sp³-hybridized carbons (Fsp3) is 0.308. The second-order valence-corrected chi connectivity index (χ2v) is 6.92. The highest BCUT2D eigenvalue weighted by atomic mass is 32.2. The van der Waals surface area contributed by atoms with Gasteiger partial charge < -0.3 is 10.2 Å². The van der Waals surface area contributed by atoms with E-state index in [0.29, 0.717) is 5.39 Å². The van der Waals surface area contributed by atoms with Gasteiger partial charge in [0, 0.05) is 11.6 Å². The number of furan rings is 1. The van der Waals surface area contributed by atoms with E-state index in [-0.39, 0.29) is 23.5 Å². The van der Waals surface area contributed by atoms with Crippen LogP contribution in [-0.4, -0.2) is 32.3 Å². The Kier molecular flexibility index (Phi) is 3.92. The SMILES string of the molecule is CS(=O)(=O)CCC(N)C(=O)c1cc2cccc(F)c2o1. The van der Waals surface area contributed by atoms with Crippen molar-refractivity contribution in [3.63, 3.8) is 0 Å². The summed E-state index contributed by atoms with van der Waals surface area (Å²) < 4.78 is 40.7. The fourth-order valence-corrected chi connectivity index (χ4v) is 2.49. The average Bonchev–Trinajstić information content (AvgIpc) is 2.79. The van der Waals surface area contributed by atoms with Gasteiger partial charge in [0.05, 0.1) is 11.8 Å². The molecule has 1 unspecified atom stereocenters. The summed E-state index contributed by atoms with van der Waals surface area (Å²) in [7, 11) is -3.19. The first-order valence-electron chi connectivity index (χ1n) is 5.93. The van der Waals surface area contributed by atoms with Crippen LogP contribution in [0, 0.1) is 5.82 Å².